The first-order valence-corrected chi connectivity index (χ1v) is 10.9. The van der Waals surface area contributed by atoms with Crippen LogP contribution >= 0.6 is 11.6 Å². The average molecular weight is 503 g/mol. The molecule has 1 aromatic carbocycles. The van der Waals surface area contributed by atoms with Gasteiger partial charge in [-0.3, -0.25) is 14.4 Å². The second-order valence-corrected chi connectivity index (χ2v) is 7.82. The van der Waals surface area contributed by atoms with E-state index in [0.717, 1.165) is 6.07 Å². The van der Waals surface area contributed by atoms with E-state index in [0.29, 0.717) is 23.3 Å². The maximum Gasteiger partial charge on any atom is 0.417 e. The number of aryl methyl sites for hydroxylation is 1. The number of amides is 3. The minimum atomic E-state index is -4.60. The zero-order valence-electron chi connectivity index (χ0n) is 19.2. The lowest BCUT2D eigenvalue weighted by Crippen LogP contribution is -2.54. The topological polar surface area (TPSA) is 105 Å². The molecule has 1 unspecified atom stereocenters. The van der Waals surface area contributed by atoms with E-state index in [1.807, 2.05) is 13.8 Å². The van der Waals surface area contributed by atoms with Crippen LogP contribution in [0.4, 0.5) is 13.2 Å². The lowest BCUT2D eigenvalue weighted by Gasteiger charge is -2.29. The van der Waals surface area contributed by atoms with Crippen molar-refractivity contribution >= 4 is 29.8 Å². The standard InChI is InChI=1S/C20H20ClF3N4O4.C2H6/c1-11-5-16(27-32-11)19(26-10-29,18(31)25-2)4-3-17(30)28-8-12-6-14(20(22,23)24)15(21)7-13(12)9-28;1-2/h5-7,10H,3-4,8-9H2,1-2H3,(H,25,31)(H,26,29);1-2H3. The van der Waals surface area contributed by atoms with Crippen molar-refractivity contribution < 1.29 is 32.1 Å². The number of benzene rings is 1. The zero-order chi connectivity index (χ0) is 25.7. The Kier molecular flexibility index (Phi) is 8.71. The summed E-state index contributed by atoms with van der Waals surface area (Å²) < 4.78 is 44.4. The average Bonchev–Trinajstić information content (AvgIpc) is 3.42. The summed E-state index contributed by atoms with van der Waals surface area (Å²) in [6.45, 7) is 5.67. The van der Waals surface area contributed by atoms with Crippen LogP contribution in [0.2, 0.25) is 5.02 Å². The number of carbonyl (C=O) groups excluding carboxylic acids is 3. The summed E-state index contributed by atoms with van der Waals surface area (Å²) in [4.78, 5) is 38.1. The molecule has 3 rings (SSSR count). The maximum atomic E-state index is 13.1. The first kappa shape index (κ1) is 27.2. The molecule has 12 heteroatoms. The van der Waals surface area contributed by atoms with Crippen molar-refractivity contribution in [2.45, 2.75) is 58.4 Å². The van der Waals surface area contributed by atoms with Crippen molar-refractivity contribution in [1.82, 2.24) is 20.7 Å². The van der Waals surface area contributed by atoms with Crippen molar-refractivity contribution in [3.63, 3.8) is 0 Å². The van der Waals surface area contributed by atoms with Crippen LogP contribution in [0.15, 0.2) is 22.7 Å². The van der Waals surface area contributed by atoms with Gasteiger partial charge in [0.2, 0.25) is 12.3 Å². The first-order valence-electron chi connectivity index (χ1n) is 10.6. The lowest BCUT2D eigenvalue weighted by atomic mass is 9.88. The molecule has 186 valence electrons. The summed E-state index contributed by atoms with van der Waals surface area (Å²) >= 11 is 5.77. The summed E-state index contributed by atoms with van der Waals surface area (Å²) in [5.41, 5.74) is -1.61. The number of carbonyl (C=O) groups is 3. The molecule has 0 fully saturated rings. The van der Waals surface area contributed by atoms with Crippen LogP contribution < -0.4 is 10.6 Å². The van der Waals surface area contributed by atoms with Gasteiger partial charge in [-0.1, -0.05) is 30.6 Å². The Morgan fingerprint density at radius 3 is 2.32 bits per heavy atom. The molecule has 0 bridgehead atoms. The molecule has 8 nitrogen and oxygen atoms in total. The minimum absolute atomic E-state index is 0.0223. The molecule has 3 amide bonds. The Hall–Kier alpha value is -3.08. The van der Waals surface area contributed by atoms with E-state index in [2.05, 4.69) is 15.8 Å². The van der Waals surface area contributed by atoms with Gasteiger partial charge in [-0.25, -0.2) is 0 Å². The number of alkyl halides is 3. The van der Waals surface area contributed by atoms with Gasteiger partial charge in [0, 0.05) is 32.6 Å². The molecule has 1 aromatic heterocycles. The fourth-order valence-electron chi connectivity index (χ4n) is 3.72. The molecule has 1 aliphatic heterocycles. The highest BCUT2D eigenvalue weighted by Gasteiger charge is 2.43. The van der Waals surface area contributed by atoms with Gasteiger partial charge < -0.3 is 20.1 Å². The monoisotopic (exact) mass is 502 g/mol. The number of fused-ring (bicyclic) bond motifs is 1. The van der Waals surface area contributed by atoms with Crippen LogP contribution in [0.25, 0.3) is 0 Å². The lowest BCUT2D eigenvalue weighted by molar-refractivity contribution is -0.137. The maximum absolute atomic E-state index is 13.1. The Morgan fingerprint density at radius 1 is 1.21 bits per heavy atom. The summed E-state index contributed by atoms with van der Waals surface area (Å²) in [6.07, 6.45) is -4.60. The molecule has 34 heavy (non-hydrogen) atoms. The molecular formula is C22H26ClF3N4O4. The Bertz CT molecular complexity index is 1060. The first-order chi connectivity index (χ1) is 16.0. The molecule has 2 aromatic rings. The normalized spacial score (nSPS) is 14.4. The number of halogens is 4. The van der Waals surface area contributed by atoms with E-state index < -0.39 is 34.1 Å². The second kappa shape index (κ2) is 10.9. The van der Waals surface area contributed by atoms with Crippen LogP contribution in [0.3, 0.4) is 0 Å². The van der Waals surface area contributed by atoms with Crippen LogP contribution in [-0.2, 0) is 39.2 Å². The SMILES string of the molecule is CC.CNC(=O)C(CCC(=O)N1Cc2cc(Cl)c(C(F)(F)F)cc2C1)(NC=O)c1cc(C)on1. The smallest absolute Gasteiger partial charge is 0.361 e. The van der Waals surface area contributed by atoms with E-state index in [1.165, 1.54) is 24.1 Å². The highest BCUT2D eigenvalue weighted by Crippen LogP contribution is 2.38. The van der Waals surface area contributed by atoms with Crippen LogP contribution in [0.5, 0.6) is 0 Å². The summed E-state index contributed by atoms with van der Waals surface area (Å²) in [5.74, 6) is -0.608. The van der Waals surface area contributed by atoms with Crippen molar-refractivity contribution in [3.05, 3.63) is 51.4 Å². The van der Waals surface area contributed by atoms with E-state index in [9.17, 15) is 27.6 Å². The number of likely N-dealkylation sites (N-methyl/N-ethyl adjacent to an activating group) is 1. The molecule has 2 heterocycles. The Balaban J connectivity index is 0.00000199. The fourth-order valence-corrected chi connectivity index (χ4v) is 4.01. The third-order valence-electron chi connectivity index (χ3n) is 5.37. The third-order valence-corrected chi connectivity index (χ3v) is 5.68. The van der Waals surface area contributed by atoms with E-state index >= 15 is 0 Å². The van der Waals surface area contributed by atoms with E-state index in [4.69, 9.17) is 16.1 Å². The van der Waals surface area contributed by atoms with Gasteiger partial charge in [-0.15, -0.1) is 0 Å². The summed E-state index contributed by atoms with van der Waals surface area (Å²) in [6, 6.07) is 3.64. The third kappa shape index (κ3) is 5.52. The van der Waals surface area contributed by atoms with E-state index in [1.54, 1.807) is 6.92 Å². The van der Waals surface area contributed by atoms with Gasteiger partial charge in [-0.05, 0) is 36.6 Å². The van der Waals surface area contributed by atoms with Crippen LogP contribution in [0, 0.1) is 6.92 Å². The van der Waals surface area contributed by atoms with Gasteiger partial charge >= 0.3 is 6.18 Å². The van der Waals surface area contributed by atoms with Crippen molar-refractivity contribution in [3.8, 4) is 0 Å². The summed E-state index contributed by atoms with van der Waals surface area (Å²) in [7, 11) is 1.37. The summed E-state index contributed by atoms with van der Waals surface area (Å²) in [5, 5.41) is 8.28. The molecule has 1 aliphatic rings. The van der Waals surface area contributed by atoms with E-state index in [-0.39, 0.29) is 31.6 Å². The van der Waals surface area contributed by atoms with Crippen molar-refractivity contribution in [2.75, 3.05) is 7.05 Å². The molecular weight excluding hydrogens is 477 g/mol. The van der Waals surface area contributed by atoms with Gasteiger partial charge in [0.15, 0.2) is 5.54 Å². The van der Waals surface area contributed by atoms with Crippen LogP contribution in [0.1, 0.15) is 54.8 Å². The van der Waals surface area contributed by atoms with Gasteiger partial charge in [0.1, 0.15) is 11.5 Å². The molecule has 1 atom stereocenters. The predicted octanol–water partition coefficient (Wildman–Crippen LogP) is 3.69. The molecule has 0 spiro atoms. The fraction of sp³-hybridized carbons (Fsp3) is 0.455. The number of aromatic nitrogens is 1. The number of hydrogen-bond donors (Lipinski definition) is 2. The highest BCUT2D eigenvalue weighted by atomic mass is 35.5. The molecule has 2 N–H and O–H groups in total. The number of rotatable bonds is 7. The molecule has 0 saturated heterocycles. The van der Waals surface area contributed by atoms with Gasteiger partial charge in [0.05, 0.1) is 10.6 Å². The van der Waals surface area contributed by atoms with Gasteiger partial charge in [0.25, 0.3) is 5.91 Å². The van der Waals surface area contributed by atoms with Crippen molar-refractivity contribution in [2.24, 2.45) is 0 Å². The molecule has 0 aliphatic carbocycles. The highest BCUT2D eigenvalue weighted by molar-refractivity contribution is 6.31. The number of hydrogen-bond acceptors (Lipinski definition) is 5. The Labute approximate surface area is 199 Å². The molecule has 0 radical (unpaired) electrons. The zero-order valence-corrected chi connectivity index (χ0v) is 19.9. The quantitative estimate of drug-likeness (QED) is 0.562. The largest absolute Gasteiger partial charge is 0.417 e. The number of nitrogens with one attached hydrogen (secondary N) is 2. The van der Waals surface area contributed by atoms with Crippen LogP contribution in [-0.4, -0.2) is 35.3 Å². The van der Waals surface area contributed by atoms with Crippen molar-refractivity contribution in [1.29, 1.82) is 0 Å². The minimum Gasteiger partial charge on any atom is -0.361 e. The predicted molar refractivity (Wildman–Crippen MR) is 117 cm³/mol. The second-order valence-electron chi connectivity index (χ2n) is 7.42. The number of nitrogens with zero attached hydrogens (tertiary/aromatic N) is 2. The van der Waals surface area contributed by atoms with Gasteiger partial charge in [-0.2, -0.15) is 13.2 Å². The molecule has 0 saturated carbocycles. The Morgan fingerprint density at radius 2 is 1.82 bits per heavy atom.